The standard InChI is InChI=1S/C21H20ClN3O2S/c1-24-11-16(9-23-24)15-4-7-20-18(8-15)19-12-25(13-21(19)28(20,26)27)10-14-2-5-17(22)6-3-14/h2-9,11,19,21H,10,12-13H2,1H3/t19-,21+/m1/s1. The second-order valence-corrected chi connectivity index (χ2v) is 10.2. The van der Waals surface area contributed by atoms with Crippen LogP contribution in [0.2, 0.25) is 5.02 Å². The molecule has 0 aliphatic carbocycles. The van der Waals surface area contributed by atoms with Crippen molar-refractivity contribution in [2.75, 3.05) is 13.1 Å². The van der Waals surface area contributed by atoms with E-state index >= 15 is 0 Å². The average molecular weight is 414 g/mol. The third-order valence-corrected chi connectivity index (χ3v) is 8.33. The highest BCUT2D eigenvalue weighted by molar-refractivity contribution is 7.92. The summed E-state index contributed by atoms with van der Waals surface area (Å²) in [7, 11) is -1.41. The number of aromatic nitrogens is 2. The van der Waals surface area contributed by atoms with Crippen molar-refractivity contribution >= 4 is 21.4 Å². The fourth-order valence-corrected chi connectivity index (χ4v) is 6.77. The van der Waals surface area contributed by atoms with Gasteiger partial charge in [-0.2, -0.15) is 5.10 Å². The molecule has 7 heteroatoms. The third kappa shape index (κ3) is 2.87. The largest absolute Gasteiger partial charge is 0.297 e. The second kappa shape index (κ2) is 6.44. The van der Waals surface area contributed by atoms with Gasteiger partial charge in [0.15, 0.2) is 9.84 Å². The molecule has 1 fully saturated rings. The molecule has 0 unspecified atom stereocenters. The van der Waals surface area contributed by atoms with Crippen LogP contribution < -0.4 is 0 Å². The maximum atomic E-state index is 13.1. The number of nitrogens with zero attached hydrogens (tertiary/aromatic N) is 3. The van der Waals surface area contributed by atoms with Crippen molar-refractivity contribution < 1.29 is 8.42 Å². The zero-order chi connectivity index (χ0) is 19.5. The first-order valence-corrected chi connectivity index (χ1v) is 11.2. The smallest absolute Gasteiger partial charge is 0.183 e. The minimum atomic E-state index is -3.29. The molecule has 0 N–H and O–H groups in total. The Bertz CT molecular complexity index is 1150. The zero-order valence-electron chi connectivity index (χ0n) is 15.4. The van der Waals surface area contributed by atoms with Gasteiger partial charge in [0, 0.05) is 49.4 Å². The molecule has 5 rings (SSSR count). The molecule has 144 valence electrons. The van der Waals surface area contributed by atoms with Crippen molar-refractivity contribution in [3.05, 3.63) is 71.0 Å². The summed E-state index contributed by atoms with van der Waals surface area (Å²) in [5.41, 5.74) is 4.11. The number of sulfone groups is 1. The first-order chi connectivity index (χ1) is 13.4. The van der Waals surface area contributed by atoms with E-state index in [-0.39, 0.29) is 11.2 Å². The Morgan fingerprint density at radius 1 is 1.11 bits per heavy atom. The Kier molecular flexibility index (Phi) is 4.12. The topological polar surface area (TPSA) is 55.2 Å². The van der Waals surface area contributed by atoms with Gasteiger partial charge in [-0.1, -0.05) is 29.8 Å². The molecule has 2 aliphatic heterocycles. The summed E-state index contributed by atoms with van der Waals surface area (Å²) in [5.74, 6) is 0.0175. The Morgan fingerprint density at radius 3 is 2.61 bits per heavy atom. The van der Waals surface area contributed by atoms with E-state index in [1.165, 1.54) is 0 Å². The highest BCUT2D eigenvalue weighted by Gasteiger charge is 2.50. The van der Waals surface area contributed by atoms with Crippen molar-refractivity contribution in [1.82, 2.24) is 14.7 Å². The van der Waals surface area contributed by atoms with E-state index < -0.39 is 9.84 Å². The predicted octanol–water partition coefficient (Wildman–Crippen LogP) is 3.50. The number of benzene rings is 2. The molecule has 5 nitrogen and oxygen atoms in total. The molecule has 2 aliphatic rings. The summed E-state index contributed by atoms with van der Waals surface area (Å²) in [5, 5.41) is 4.58. The molecule has 2 aromatic carbocycles. The van der Waals surface area contributed by atoms with Crippen molar-refractivity contribution in [1.29, 1.82) is 0 Å². The summed E-state index contributed by atoms with van der Waals surface area (Å²) >= 11 is 5.97. The van der Waals surface area contributed by atoms with Crippen LogP contribution in [0.1, 0.15) is 17.0 Å². The molecule has 28 heavy (non-hydrogen) atoms. The Balaban J connectivity index is 1.46. The zero-order valence-corrected chi connectivity index (χ0v) is 17.0. The van der Waals surface area contributed by atoms with Gasteiger partial charge in [0.25, 0.3) is 0 Å². The minimum Gasteiger partial charge on any atom is -0.297 e. The lowest BCUT2D eigenvalue weighted by Crippen LogP contribution is -2.25. The number of likely N-dealkylation sites (tertiary alicyclic amines) is 1. The summed E-state index contributed by atoms with van der Waals surface area (Å²) < 4.78 is 28.0. The summed E-state index contributed by atoms with van der Waals surface area (Å²) in [6, 6.07) is 13.5. The third-order valence-electron chi connectivity index (χ3n) is 5.81. The quantitative estimate of drug-likeness (QED) is 0.659. The molecule has 0 amide bonds. The number of hydrogen-bond acceptors (Lipinski definition) is 4. The van der Waals surface area contributed by atoms with Gasteiger partial charge < -0.3 is 0 Å². The first kappa shape index (κ1) is 17.9. The highest BCUT2D eigenvalue weighted by atomic mass is 35.5. The van der Waals surface area contributed by atoms with Gasteiger partial charge in [-0.25, -0.2) is 8.42 Å². The van der Waals surface area contributed by atoms with Crippen LogP contribution in [0.4, 0.5) is 0 Å². The molecule has 3 aromatic rings. The molecule has 0 bridgehead atoms. The molecule has 3 heterocycles. The van der Waals surface area contributed by atoms with Gasteiger partial charge in [0.2, 0.25) is 0 Å². The predicted molar refractivity (Wildman–Crippen MR) is 109 cm³/mol. The van der Waals surface area contributed by atoms with Crippen molar-refractivity contribution in [3.8, 4) is 11.1 Å². The normalized spacial score (nSPS) is 22.9. The molecule has 0 saturated carbocycles. The average Bonchev–Trinajstić information content (AvgIpc) is 3.34. The van der Waals surface area contributed by atoms with E-state index in [1.54, 1.807) is 10.7 Å². The van der Waals surface area contributed by atoms with E-state index in [0.717, 1.165) is 35.3 Å². The minimum absolute atomic E-state index is 0.0175. The monoisotopic (exact) mass is 413 g/mol. The molecule has 1 saturated heterocycles. The number of fused-ring (bicyclic) bond motifs is 3. The molecular weight excluding hydrogens is 394 g/mol. The number of hydrogen-bond donors (Lipinski definition) is 0. The van der Waals surface area contributed by atoms with Gasteiger partial charge in [-0.3, -0.25) is 9.58 Å². The summed E-state index contributed by atoms with van der Waals surface area (Å²) in [6.07, 6.45) is 3.76. The number of rotatable bonds is 3. The van der Waals surface area contributed by atoms with Crippen molar-refractivity contribution in [2.24, 2.45) is 7.05 Å². The fourth-order valence-electron chi connectivity index (χ4n) is 4.45. The Labute approximate surface area is 169 Å². The van der Waals surface area contributed by atoms with Gasteiger partial charge in [-0.05, 0) is 41.0 Å². The van der Waals surface area contributed by atoms with Crippen LogP contribution in [-0.2, 0) is 23.4 Å². The van der Waals surface area contributed by atoms with Gasteiger partial charge >= 0.3 is 0 Å². The van der Waals surface area contributed by atoms with Crippen LogP contribution in [0, 0.1) is 0 Å². The van der Waals surface area contributed by atoms with Crippen molar-refractivity contribution in [2.45, 2.75) is 22.6 Å². The fraction of sp³-hybridized carbons (Fsp3) is 0.286. The van der Waals surface area contributed by atoms with Crippen LogP contribution >= 0.6 is 11.6 Å². The number of aryl methyl sites for hydroxylation is 1. The van der Waals surface area contributed by atoms with Gasteiger partial charge in [0.1, 0.15) is 0 Å². The lowest BCUT2D eigenvalue weighted by molar-refractivity contribution is 0.325. The van der Waals surface area contributed by atoms with Crippen LogP contribution in [0.15, 0.2) is 59.8 Å². The molecule has 2 atom stereocenters. The van der Waals surface area contributed by atoms with Crippen LogP contribution in [0.25, 0.3) is 11.1 Å². The maximum Gasteiger partial charge on any atom is 0.183 e. The van der Waals surface area contributed by atoms with Crippen LogP contribution in [0.3, 0.4) is 0 Å². The molecule has 1 aromatic heterocycles. The van der Waals surface area contributed by atoms with E-state index in [9.17, 15) is 8.42 Å². The van der Waals surface area contributed by atoms with Gasteiger partial charge in [0.05, 0.1) is 16.3 Å². The van der Waals surface area contributed by atoms with E-state index in [2.05, 4.69) is 10.00 Å². The van der Waals surface area contributed by atoms with E-state index in [0.29, 0.717) is 16.5 Å². The van der Waals surface area contributed by atoms with E-state index in [1.807, 2.05) is 55.8 Å². The molecule has 0 radical (unpaired) electrons. The first-order valence-electron chi connectivity index (χ1n) is 9.25. The van der Waals surface area contributed by atoms with Crippen LogP contribution in [-0.4, -0.2) is 41.4 Å². The van der Waals surface area contributed by atoms with Gasteiger partial charge in [-0.15, -0.1) is 0 Å². The second-order valence-electron chi connectivity index (χ2n) is 7.67. The van der Waals surface area contributed by atoms with Crippen LogP contribution in [0.5, 0.6) is 0 Å². The lowest BCUT2D eigenvalue weighted by atomic mass is 9.95. The molecular formula is C21H20ClN3O2S. The Hall–Kier alpha value is -2.15. The lowest BCUT2D eigenvalue weighted by Gasteiger charge is -2.17. The number of halogens is 1. The Morgan fingerprint density at radius 2 is 1.89 bits per heavy atom. The SMILES string of the molecule is Cn1cc(-c2ccc3c(c2)[C@H]2CN(Cc4ccc(Cl)cc4)C[C@@H]2S3(=O)=O)cn1. The maximum absolute atomic E-state index is 13.1. The van der Waals surface area contributed by atoms with Crippen molar-refractivity contribution in [3.63, 3.8) is 0 Å². The summed E-state index contributed by atoms with van der Waals surface area (Å²) in [6.45, 7) is 2.04. The highest BCUT2D eigenvalue weighted by Crippen LogP contribution is 2.46. The van der Waals surface area contributed by atoms with E-state index in [4.69, 9.17) is 11.6 Å². The molecule has 0 spiro atoms. The summed E-state index contributed by atoms with van der Waals surface area (Å²) in [4.78, 5) is 2.73.